The molecule has 2 amide bonds. The fraction of sp³-hybridized carbons (Fsp3) is 0.118. The number of amidine groups is 1. The van der Waals surface area contributed by atoms with Gasteiger partial charge in [-0.05, 0) is 29.6 Å². The molecule has 1 saturated heterocycles. The van der Waals surface area contributed by atoms with E-state index in [-0.39, 0.29) is 22.8 Å². The zero-order valence-corrected chi connectivity index (χ0v) is 15.4. The van der Waals surface area contributed by atoms with Gasteiger partial charge in [0.15, 0.2) is 5.17 Å². The lowest BCUT2D eigenvalue weighted by Crippen LogP contribution is -2.32. The van der Waals surface area contributed by atoms with Crippen LogP contribution in [-0.2, 0) is 9.59 Å². The number of amides is 2. The van der Waals surface area contributed by atoms with Crippen molar-refractivity contribution in [2.24, 2.45) is 15.9 Å². The number of thioether (sulfide) groups is 1. The molecule has 1 aliphatic heterocycles. The fourth-order valence-corrected chi connectivity index (χ4v) is 3.82. The first-order valence-electron chi connectivity index (χ1n) is 7.72. The number of aromatic carboxylic acids is 1. The topological polar surface area (TPSA) is 125 Å². The molecule has 1 atom stereocenters. The molecule has 1 aromatic heterocycles. The summed E-state index contributed by atoms with van der Waals surface area (Å²) in [5.41, 5.74) is 6.01. The minimum Gasteiger partial charge on any atom is -0.478 e. The molecule has 3 N–H and O–H groups in total. The average Bonchev–Trinajstić information content (AvgIpc) is 3.23. The van der Waals surface area contributed by atoms with Crippen LogP contribution >= 0.6 is 23.1 Å². The van der Waals surface area contributed by atoms with Crippen LogP contribution in [0, 0.1) is 0 Å². The predicted molar refractivity (Wildman–Crippen MR) is 105 cm³/mol. The summed E-state index contributed by atoms with van der Waals surface area (Å²) < 4.78 is 0. The number of benzene rings is 1. The molecular weight excluding hydrogens is 388 g/mol. The van der Waals surface area contributed by atoms with Crippen molar-refractivity contribution in [3.8, 4) is 0 Å². The smallest absolute Gasteiger partial charge is 0.335 e. The molecular formula is C17H14N4O4S2. The van der Waals surface area contributed by atoms with Gasteiger partial charge >= 0.3 is 5.97 Å². The van der Waals surface area contributed by atoms with Crippen molar-refractivity contribution in [2.75, 3.05) is 4.90 Å². The van der Waals surface area contributed by atoms with Crippen LogP contribution in [0.15, 0.2) is 52.0 Å². The molecule has 2 heterocycles. The third-order valence-electron chi connectivity index (χ3n) is 3.60. The lowest BCUT2D eigenvalue weighted by molar-refractivity contribution is -0.121. The van der Waals surface area contributed by atoms with Gasteiger partial charge in [0.25, 0.3) is 0 Å². The normalized spacial score (nSPS) is 17.9. The first kappa shape index (κ1) is 18.8. The van der Waals surface area contributed by atoms with Crippen LogP contribution in [0.25, 0.3) is 0 Å². The highest BCUT2D eigenvalue weighted by Crippen LogP contribution is 2.30. The van der Waals surface area contributed by atoms with Crippen LogP contribution in [-0.4, -0.2) is 39.5 Å². The summed E-state index contributed by atoms with van der Waals surface area (Å²) in [7, 11) is 0. The van der Waals surface area contributed by atoms with Crippen LogP contribution in [0.1, 0.15) is 21.7 Å². The predicted octanol–water partition coefficient (Wildman–Crippen LogP) is 2.16. The Hall–Kier alpha value is -2.98. The minimum atomic E-state index is -1.14. The first-order chi connectivity index (χ1) is 13.0. The number of imide groups is 1. The summed E-state index contributed by atoms with van der Waals surface area (Å²) in [4.78, 5) is 37.8. The quantitative estimate of drug-likeness (QED) is 0.342. The Labute approximate surface area is 162 Å². The van der Waals surface area contributed by atoms with E-state index in [1.54, 1.807) is 6.21 Å². The second-order valence-electron chi connectivity index (χ2n) is 5.43. The third kappa shape index (κ3) is 4.41. The molecule has 8 nitrogen and oxygen atoms in total. The van der Waals surface area contributed by atoms with Gasteiger partial charge in [0.05, 0.1) is 17.5 Å². The summed E-state index contributed by atoms with van der Waals surface area (Å²) in [5.74, 6) is -2.02. The molecule has 0 bridgehead atoms. The number of carbonyl (C=O) groups is 3. The van der Waals surface area contributed by atoms with Gasteiger partial charge in [0.1, 0.15) is 5.25 Å². The van der Waals surface area contributed by atoms with E-state index in [1.807, 2.05) is 17.5 Å². The Balaban J connectivity index is 1.70. The van der Waals surface area contributed by atoms with Gasteiger partial charge in [-0.2, -0.15) is 5.10 Å². The summed E-state index contributed by atoms with van der Waals surface area (Å²) in [6, 6.07) is 9.42. The summed E-state index contributed by atoms with van der Waals surface area (Å²) >= 11 is 2.45. The number of carbonyl (C=O) groups excluding carboxylic acids is 2. The van der Waals surface area contributed by atoms with Crippen LogP contribution in [0.2, 0.25) is 0 Å². The first-order valence-corrected chi connectivity index (χ1v) is 9.48. The highest BCUT2D eigenvalue weighted by Gasteiger charge is 2.40. The summed E-state index contributed by atoms with van der Waals surface area (Å²) in [6.45, 7) is 0. The molecule has 1 aliphatic rings. The summed E-state index contributed by atoms with van der Waals surface area (Å²) in [6.07, 6.45) is 1.50. The molecule has 1 unspecified atom stereocenters. The molecule has 138 valence electrons. The van der Waals surface area contributed by atoms with Crippen molar-refractivity contribution in [3.05, 3.63) is 52.2 Å². The third-order valence-corrected chi connectivity index (χ3v) is 5.39. The number of anilines is 1. The second-order valence-corrected chi connectivity index (χ2v) is 7.63. The highest BCUT2D eigenvalue weighted by atomic mass is 32.2. The Morgan fingerprint density at radius 3 is 2.85 bits per heavy atom. The van der Waals surface area contributed by atoms with E-state index < -0.39 is 23.0 Å². The van der Waals surface area contributed by atoms with Crippen LogP contribution in [0.5, 0.6) is 0 Å². The van der Waals surface area contributed by atoms with E-state index in [4.69, 9.17) is 10.8 Å². The molecule has 1 fully saturated rings. The van der Waals surface area contributed by atoms with Gasteiger partial charge in [-0.15, -0.1) is 16.4 Å². The molecule has 10 heteroatoms. The fourth-order valence-electron chi connectivity index (χ4n) is 2.42. The van der Waals surface area contributed by atoms with E-state index in [2.05, 4.69) is 10.2 Å². The molecule has 0 saturated carbocycles. The number of hydrogen-bond donors (Lipinski definition) is 2. The maximum atomic E-state index is 12.6. The van der Waals surface area contributed by atoms with Gasteiger partial charge in [-0.3, -0.25) is 9.59 Å². The lowest BCUT2D eigenvalue weighted by atomic mass is 10.2. The van der Waals surface area contributed by atoms with Crippen molar-refractivity contribution < 1.29 is 19.5 Å². The maximum Gasteiger partial charge on any atom is 0.335 e. The molecule has 27 heavy (non-hydrogen) atoms. The van der Waals surface area contributed by atoms with Crippen LogP contribution in [0.4, 0.5) is 5.69 Å². The Morgan fingerprint density at radius 2 is 2.15 bits per heavy atom. The number of nitrogens with zero attached hydrogens (tertiary/aromatic N) is 3. The SMILES string of the molecule is N/C(=N\N=C\c1cccs1)SC1CC(=O)N(c2cccc(C(=O)O)c2)C1=O. The van der Waals surface area contributed by atoms with E-state index in [1.165, 1.54) is 35.6 Å². The number of nitrogens with two attached hydrogens (primary N) is 1. The van der Waals surface area contributed by atoms with Crippen molar-refractivity contribution >= 4 is 58.0 Å². The second kappa shape index (κ2) is 8.14. The van der Waals surface area contributed by atoms with Crippen LogP contribution in [0.3, 0.4) is 0 Å². The van der Waals surface area contributed by atoms with Gasteiger partial charge in [-0.25, -0.2) is 9.69 Å². The Kier molecular flexibility index (Phi) is 5.67. The highest BCUT2D eigenvalue weighted by molar-refractivity contribution is 8.14. The van der Waals surface area contributed by atoms with Crippen molar-refractivity contribution in [2.45, 2.75) is 11.7 Å². The van der Waals surface area contributed by atoms with E-state index in [0.717, 1.165) is 21.5 Å². The Bertz CT molecular complexity index is 940. The minimum absolute atomic E-state index is 0.00630. The molecule has 0 aliphatic carbocycles. The monoisotopic (exact) mass is 402 g/mol. The van der Waals surface area contributed by atoms with E-state index >= 15 is 0 Å². The standard InChI is InChI=1S/C17H14N4O4S2/c18-17(20-19-9-12-5-2-6-26-12)27-13-8-14(22)21(15(13)23)11-4-1-3-10(7-11)16(24)25/h1-7,9,13H,8H2,(H2,18,20)(H,24,25)/b19-9+. The summed E-state index contributed by atoms with van der Waals surface area (Å²) in [5, 5.41) is 18.0. The van der Waals surface area contributed by atoms with Crippen molar-refractivity contribution in [1.29, 1.82) is 0 Å². The van der Waals surface area contributed by atoms with Crippen molar-refractivity contribution in [3.63, 3.8) is 0 Å². The van der Waals surface area contributed by atoms with Gasteiger partial charge < -0.3 is 10.8 Å². The number of hydrogen-bond acceptors (Lipinski definition) is 7. The largest absolute Gasteiger partial charge is 0.478 e. The molecule has 0 spiro atoms. The van der Waals surface area contributed by atoms with Crippen LogP contribution < -0.4 is 10.6 Å². The average molecular weight is 402 g/mol. The van der Waals surface area contributed by atoms with Gasteiger partial charge in [0, 0.05) is 11.3 Å². The van der Waals surface area contributed by atoms with E-state index in [9.17, 15) is 14.4 Å². The van der Waals surface area contributed by atoms with Gasteiger partial charge in [0.2, 0.25) is 11.8 Å². The number of carboxylic acids is 1. The van der Waals surface area contributed by atoms with Gasteiger partial charge in [-0.1, -0.05) is 23.9 Å². The number of carboxylic acid groups (broad SMARTS) is 1. The molecule has 2 aromatic rings. The Morgan fingerprint density at radius 1 is 1.33 bits per heavy atom. The zero-order valence-electron chi connectivity index (χ0n) is 13.8. The molecule has 3 rings (SSSR count). The number of thiophene rings is 1. The number of rotatable bonds is 5. The molecule has 1 aromatic carbocycles. The lowest BCUT2D eigenvalue weighted by Gasteiger charge is -2.15. The maximum absolute atomic E-state index is 12.6. The molecule has 0 radical (unpaired) electrons. The van der Waals surface area contributed by atoms with E-state index in [0.29, 0.717) is 0 Å². The zero-order chi connectivity index (χ0) is 19.4. The van der Waals surface area contributed by atoms with Crippen molar-refractivity contribution in [1.82, 2.24) is 0 Å².